The molecule has 0 radical (unpaired) electrons. The lowest BCUT2D eigenvalue weighted by Gasteiger charge is -2.25. The molecule has 0 saturated heterocycles. The first-order valence-electron chi connectivity index (χ1n) is 10.6. The third-order valence-electron chi connectivity index (χ3n) is 5.34. The van der Waals surface area contributed by atoms with Crippen molar-refractivity contribution in [1.29, 1.82) is 0 Å². The Balaban J connectivity index is 1.78. The molecule has 0 aliphatic carbocycles. The van der Waals surface area contributed by atoms with Crippen LogP contribution in [0.15, 0.2) is 67.0 Å². The van der Waals surface area contributed by atoms with Gasteiger partial charge in [-0.15, -0.1) is 0 Å². The average Bonchev–Trinajstić information content (AvgIpc) is 2.82. The van der Waals surface area contributed by atoms with E-state index in [0.29, 0.717) is 23.3 Å². The Hall–Kier alpha value is -3.47. The quantitative estimate of drug-likeness (QED) is 0.330. The van der Waals surface area contributed by atoms with E-state index < -0.39 is 41.8 Å². The summed E-state index contributed by atoms with van der Waals surface area (Å²) in [6.45, 7) is -0.604. The van der Waals surface area contributed by atoms with Gasteiger partial charge in [0.2, 0.25) is 0 Å². The van der Waals surface area contributed by atoms with Crippen molar-refractivity contribution in [2.45, 2.75) is 24.9 Å². The molecule has 3 aromatic rings. The second-order valence-electron chi connectivity index (χ2n) is 8.10. The van der Waals surface area contributed by atoms with Crippen molar-refractivity contribution >= 4 is 5.91 Å². The van der Waals surface area contributed by atoms with Crippen molar-refractivity contribution < 1.29 is 40.3 Å². The Morgan fingerprint density at radius 3 is 2.00 bits per heavy atom. The van der Waals surface area contributed by atoms with Crippen LogP contribution >= 0.6 is 0 Å². The van der Waals surface area contributed by atoms with E-state index in [1.807, 2.05) is 0 Å². The number of carbonyl (C=O) groups excluding carboxylic acids is 1. The third kappa shape index (κ3) is 7.27. The number of aromatic nitrogens is 1. The predicted octanol–water partition coefficient (Wildman–Crippen LogP) is 6.33. The van der Waals surface area contributed by atoms with E-state index in [9.17, 15) is 35.5 Å². The SMILES string of the molecule is CN(CC(COCc1cc(C(F)(F)F)cc(C(F)(F)F)c1)c1ccc(F)cc1)C(=O)c1ccncc1. The van der Waals surface area contributed by atoms with E-state index in [0.717, 1.165) is 0 Å². The molecule has 1 aromatic heterocycles. The second-order valence-corrected chi connectivity index (χ2v) is 8.10. The van der Waals surface area contributed by atoms with Gasteiger partial charge in [0, 0.05) is 37.5 Å². The zero-order chi connectivity index (χ0) is 26.5. The van der Waals surface area contributed by atoms with E-state index in [-0.39, 0.29) is 30.7 Å². The van der Waals surface area contributed by atoms with E-state index in [2.05, 4.69) is 4.98 Å². The number of alkyl halides is 6. The highest BCUT2D eigenvalue weighted by molar-refractivity contribution is 5.93. The fourth-order valence-electron chi connectivity index (χ4n) is 3.54. The van der Waals surface area contributed by atoms with Gasteiger partial charge >= 0.3 is 12.4 Å². The molecule has 0 N–H and O–H groups in total. The molecule has 192 valence electrons. The molecule has 0 aliphatic rings. The first kappa shape index (κ1) is 27.1. The van der Waals surface area contributed by atoms with Crippen LogP contribution in [0.25, 0.3) is 0 Å². The molecule has 0 fully saturated rings. The first-order chi connectivity index (χ1) is 16.8. The molecule has 4 nitrogen and oxygen atoms in total. The van der Waals surface area contributed by atoms with Crippen molar-refractivity contribution in [3.8, 4) is 0 Å². The van der Waals surface area contributed by atoms with E-state index in [1.165, 1.54) is 60.7 Å². The number of likely N-dealkylation sites (N-methyl/N-ethyl adjacent to an activating group) is 1. The van der Waals surface area contributed by atoms with E-state index >= 15 is 0 Å². The van der Waals surface area contributed by atoms with Gasteiger partial charge in [0.1, 0.15) is 5.82 Å². The molecule has 0 spiro atoms. The second kappa shape index (κ2) is 11.1. The number of pyridine rings is 1. The summed E-state index contributed by atoms with van der Waals surface area (Å²) in [7, 11) is 1.53. The lowest BCUT2D eigenvalue weighted by atomic mass is 9.99. The first-order valence-corrected chi connectivity index (χ1v) is 10.6. The van der Waals surface area contributed by atoms with Gasteiger partial charge in [0.05, 0.1) is 24.3 Å². The van der Waals surface area contributed by atoms with Crippen LogP contribution in [0, 0.1) is 5.82 Å². The van der Waals surface area contributed by atoms with Crippen molar-refractivity contribution in [1.82, 2.24) is 9.88 Å². The average molecular weight is 514 g/mol. The Kier molecular flexibility index (Phi) is 8.34. The Bertz CT molecular complexity index is 1130. The molecule has 1 amide bonds. The van der Waals surface area contributed by atoms with Crippen LogP contribution in [0.4, 0.5) is 30.7 Å². The van der Waals surface area contributed by atoms with Gasteiger partial charge in [0.25, 0.3) is 5.91 Å². The summed E-state index contributed by atoms with van der Waals surface area (Å²) in [5.74, 6) is -1.38. The molecule has 0 saturated carbocycles. The number of rotatable bonds is 8. The monoisotopic (exact) mass is 514 g/mol. The largest absolute Gasteiger partial charge is 0.416 e. The highest BCUT2D eigenvalue weighted by Crippen LogP contribution is 2.36. The molecule has 1 heterocycles. The van der Waals surface area contributed by atoms with Crippen LogP contribution in [0.5, 0.6) is 0 Å². The van der Waals surface area contributed by atoms with Gasteiger partial charge in [-0.05, 0) is 53.6 Å². The smallest absolute Gasteiger partial charge is 0.376 e. The zero-order valence-corrected chi connectivity index (χ0v) is 18.9. The minimum absolute atomic E-state index is 0.0461. The lowest BCUT2D eigenvalue weighted by Crippen LogP contribution is -2.32. The fraction of sp³-hybridized carbons (Fsp3) is 0.280. The van der Waals surface area contributed by atoms with Gasteiger partial charge in [-0.25, -0.2) is 4.39 Å². The molecular weight excluding hydrogens is 493 g/mol. The van der Waals surface area contributed by atoms with Gasteiger partial charge in [-0.1, -0.05) is 12.1 Å². The molecular formula is C25H21F7N2O2. The minimum Gasteiger partial charge on any atom is -0.376 e. The Labute approximate surface area is 202 Å². The van der Waals surface area contributed by atoms with Crippen molar-refractivity contribution in [3.63, 3.8) is 0 Å². The highest BCUT2D eigenvalue weighted by Gasteiger charge is 2.36. The lowest BCUT2D eigenvalue weighted by molar-refractivity contribution is -0.143. The molecule has 2 aromatic carbocycles. The maximum atomic E-state index is 13.4. The third-order valence-corrected chi connectivity index (χ3v) is 5.34. The normalized spacial score (nSPS) is 12.9. The maximum absolute atomic E-state index is 13.4. The molecule has 3 rings (SSSR count). The predicted molar refractivity (Wildman–Crippen MR) is 116 cm³/mol. The Morgan fingerprint density at radius 2 is 1.47 bits per heavy atom. The molecule has 36 heavy (non-hydrogen) atoms. The Morgan fingerprint density at radius 1 is 0.917 bits per heavy atom. The molecule has 11 heteroatoms. The zero-order valence-electron chi connectivity index (χ0n) is 18.9. The van der Waals surface area contributed by atoms with Crippen LogP contribution in [-0.2, 0) is 23.7 Å². The number of nitrogens with zero attached hydrogens (tertiary/aromatic N) is 2. The van der Waals surface area contributed by atoms with Gasteiger partial charge in [0.15, 0.2) is 0 Å². The summed E-state index contributed by atoms with van der Waals surface area (Å²) in [4.78, 5) is 17.9. The highest BCUT2D eigenvalue weighted by atomic mass is 19.4. The fourth-order valence-corrected chi connectivity index (χ4v) is 3.54. The van der Waals surface area contributed by atoms with Crippen LogP contribution < -0.4 is 0 Å². The summed E-state index contributed by atoms with van der Waals surface area (Å²) in [5, 5.41) is 0. The van der Waals surface area contributed by atoms with Crippen LogP contribution in [-0.4, -0.2) is 36.0 Å². The summed E-state index contributed by atoms with van der Waals surface area (Å²) < 4.78 is 97.6. The van der Waals surface area contributed by atoms with E-state index in [4.69, 9.17) is 4.74 Å². The van der Waals surface area contributed by atoms with Crippen molar-refractivity contribution in [2.75, 3.05) is 20.2 Å². The number of amides is 1. The van der Waals surface area contributed by atoms with Crippen molar-refractivity contribution in [2.24, 2.45) is 0 Å². The van der Waals surface area contributed by atoms with Crippen LogP contribution in [0.1, 0.15) is 38.5 Å². The van der Waals surface area contributed by atoms with Gasteiger partial charge in [-0.3, -0.25) is 9.78 Å². The van der Waals surface area contributed by atoms with Crippen LogP contribution in [0.3, 0.4) is 0 Å². The standard InChI is InChI=1S/C25H21F7N2O2/c1-34(23(35)18-6-8-33-9-7-18)13-19(17-2-4-22(26)5-3-17)15-36-14-16-10-20(24(27,28)29)12-21(11-16)25(30,31)32/h2-12,19H,13-15H2,1H3. The van der Waals surface area contributed by atoms with Gasteiger partial charge < -0.3 is 9.64 Å². The molecule has 0 aliphatic heterocycles. The van der Waals surface area contributed by atoms with E-state index in [1.54, 1.807) is 0 Å². The maximum Gasteiger partial charge on any atom is 0.416 e. The molecule has 0 bridgehead atoms. The number of ether oxygens (including phenoxy) is 1. The number of carbonyl (C=O) groups is 1. The number of halogens is 7. The summed E-state index contributed by atoms with van der Waals surface area (Å²) >= 11 is 0. The topological polar surface area (TPSA) is 42.4 Å². The summed E-state index contributed by atoms with van der Waals surface area (Å²) in [5.41, 5.74) is -2.24. The summed E-state index contributed by atoms with van der Waals surface area (Å²) in [6.07, 6.45) is -7.04. The molecule has 1 atom stereocenters. The van der Waals surface area contributed by atoms with Crippen LogP contribution in [0.2, 0.25) is 0 Å². The number of benzene rings is 2. The van der Waals surface area contributed by atoms with Gasteiger partial charge in [-0.2, -0.15) is 26.3 Å². The number of hydrogen-bond acceptors (Lipinski definition) is 3. The number of hydrogen-bond donors (Lipinski definition) is 0. The summed E-state index contributed by atoms with van der Waals surface area (Å²) in [6, 6.07) is 9.64. The minimum atomic E-state index is -4.97. The molecule has 1 unspecified atom stereocenters. The van der Waals surface area contributed by atoms with Crippen molar-refractivity contribution in [3.05, 3.63) is 101 Å².